The van der Waals surface area contributed by atoms with Crippen molar-refractivity contribution in [2.24, 2.45) is 0 Å². The molecule has 0 amide bonds. The highest BCUT2D eigenvalue weighted by molar-refractivity contribution is 8.13. The number of ether oxygens (including phenoxy) is 2. The molecule has 0 radical (unpaired) electrons. The van der Waals surface area contributed by atoms with Crippen LogP contribution in [0.2, 0.25) is 0 Å². The molecule has 2 rings (SSSR count). The van der Waals surface area contributed by atoms with Gasteiger partial charge in [0.25, 0.3) is 9.05 Å². The van der Waals surface area contributed by atoms with Crippen LogP contribution in [0, 0.1) is 6.92 Å². The third-order valence-electron chi connectivity index (χ3n) is 2.57. The average molecular weight is 291 g/mol. The first-order valence-corrected chi connectivity index (χ1v) is 7.57. The van der Waals surface area contributed by atoms with Crippen LogP contribution < -0.4 is 0 Å². The van der Waals surface area contributed by atoms with Gasteiger partial charge in [-0.05, 0) is 18.6 Å². The molecule has 0 N–H and O–H groups in total. The fourth-order valence-electron chi connectivity index (χ4n) is 1.63. The summed E-state index contributed by atoms with van der Waals surface area (Å²) in [6, 6.07) is 4.49. The molecule has 1 atom stereocenters. The third-order valence-corrected chi connectivity index (χ3v) is 4.06. The zero-order valence-electron chi connectivity index (χ0n) is 9.55. The average Bonchev–Trinajstić information content (AvgIpc) is 2.21. The molecule has 18 heavy (non-hydrogen) atoms. The summed E-state index contributed by atoms with van der Waals surface area (Å²) in [6.07, 6.45) is 0.0180. The fourth-order valence-corrected chi connectivity index (χ4v) is 3.11. The maximum Gasteiger partial charge on any atom is 0.341 e. The van der Waals surface area contributed by atoms with Gasteiger partial charge >= 0.3 is 5.97 Å². The van der Waals surface area contributed by atoms with Crippen LogP contribution in [0.3, 0.4) is 0 Å². The number of aryl methyl sites for hydroxylation is 1. The molecular formula is C11H11ClO5S. The summed E-state index contributed by atoms with van der Waals surface area (Å²) in [4.78, 5) is 11.6. The summed E-state index contributed by atoms with van der Waals surface area (Å²) < 4.78 is 32.9. The summed E-state index contributed by atoms with van der Waals surface area (Å²) in [7, 11) is 1.33. The second kappa shape index (κ2) is 4.87. The van der Waals surface area contributed by atoms with E-state index in [9.17, 15) is 13.2 Å². The maximum atomic E-state index is 11.8. The molecule has 1 aliphatic rings. The summed E-state index contributed by atoms with van der Waals surface area (Å²) in [5.74, 6) is -0.748. The van der Waals surface area contributed by atoms with E-state index < -0.39 is 21.3 Å². The highest BCUT2D eigenvalue weighted by atomic mass is 35.7. The third kappa shape index (κ3) is 2.66. The zero-order chi connectivity index (χ0) is 13.3. The Kier molecular flexibility index (Phi) is 3.61. The van der Waals surface area contributed by atoms with Crippen molar-refractivity contribution < 1.29 is 22.7 Å². The number of carbonyl (C=O) groups is 1. The number of halogens is 1. The van der Waals surface area contributed by atoms with Crippen molar-refractivity contribution >= 4 is 25.7 Å². The molecule has 0 spiro atoms. The molecule has 98 valence electrons. The van der Waals surface area contributed by atoms with Crippen molar-refractivity contribution in [3.05, 3.63) is 29.3 Å². The van der Waals surface area contributed by atoms with Gasteiger partial charge in [-0.15, -0.1) is 0 Å². The zero-order valence-corrected chi connectivity index (χ0v) is 11.1. The van der Waals surface area contributed by atoms with Crippen LogP contribution in [-0.4, -0.2) is 27.3 Å². The molecule has 5 nitrogen and oxygen atoms in total. The Morgan fingerprint density at radius 3 is 2.67 bits per heavy atom. The van der Waals surface area contributed by atoms with Crippen molar-refractivity contribution in [2.45, 2.75) is 24.5 Å². The van der Waals surface area contributed by atoms with Gasteiger partial charge in [0.05, 0.1) is 17.1 Å². The van der Waals surface area contributed by atoms with E-state index >= 15 is 0 Å². The standard InChI is InChI=1S/C11H11ClO5S/c1-7-3-2-4-8(10(7)18(12,14)15)11(13)17-9-5-6-16-9/h2-4,9H,5-6H2,1H3. The normalized spacial score (nSPS) is 19.1. The van der Waals surface area contributed by atoms with Gasteiger partial charge in [0.15, 0.2) is 0 Å². The van der Waals surface area contributed by atoms with Gasteiger partial charge in [0.2, 0.25) is 6.29 Å². The van der Waals surface area contributed by atoms with Gasteiger partial charge in [0, 0.05) is 17.1 Å². The van der Waals surface area contributed by atoms with Crippen LogP contribution in [0.5, 0.6) is 0 Å². The van der Waals surface area contributed by atoms with Crippen molar-refractivity contribution in [3.8, 4) is 0 Å². The second-order valence-electron chi connectivity index (χ2n) is 3.88. The van der Waals surface area contributed by atoms with E-state index in [-0.39, 0.29) is 10.5 Å². The second-order valence-corrected chi connectivity index (χ2v) is 6.39. The Hall–Kier alpha value is -1.11. The minimum absolute atomic E-state index is 0.0690. The minimum atomic E-state index is -4.00. The number of hydrogen-bond donors (Lipinski definition) is 0. The van der Waals surface area contributed by atoms with E-state index in [2.05, 4.69) is 0 Å². The van der Waals surface area contributed by atoms with E-state index in [0.29, 0.717) is 18.6 Å². The summed E-state index contributed by atoms with van der Waals surface area (Å²) in [6.45, 7) is 2.10. The highest BCUT2D eigenvalue weighted by Crippen LogP contribution is 2.26. The van der Waals surface area contributed by atoms with Gasteiger partial charge in [-0.3, -0.25) is 0 Å². The van der Waals surface area contributed by atoms with Gasteiger partial charge < -0.3 is 9.47 Å². The molecule has 1 heterocycles. The summed E-state index contributed by atoms with van der Waals surface area (Å²) >= 11 is 0. The van der Waals surface area contributed by atoms with Crippen LogP contribution in [0.15, 0.2) is 23.1 Å². The number of rotatable bonds is 3. The van der Waals surface area contributed by atoms with E-state index in [1.54, 1.807) is 19.1 Å². The van der Waals surface area contributed by atoms with Crippen LogP contribution in [0.4, 0.5) is 0 Å². The van der Waals surface area contributed by atoms with Gasteiger partial charge in [-0.25, -0.2) is 13.2 Å². The highest BCUT2D eigenvalue weighted by Gasteiger charge is 2.28. The first-order chi connectivity index (χ1) is 8.39. The molecule has 1 aromatic rings. The topological polar surface area (TPSA) is 69.7 Å². The van der Waals surface area contributed by atoms with Crippen LogP contribution in [-0.2, 0) is 18.5 Å². The molecule has 1 fully saturated rings. The Labute approximate surface area is 109 Å². The van der Waals surface area contributed by atoms with E-state index in [0.717, 1.165) is 0 Å². The van der Waals surface area contributed by atoms with Gasteiger partial charge in [-0.1, -0.05) is 12.1 Å². The van der Waals surface area contributed by atoms with Crippen molar-refractivity contribution in [1.29, 1.82) is 0 Å². The largest absolute Gasteiger partial charge is 0.432 e. The molecule has 1 aliphatic heterocycles. The molecule has 0 bridgehead atoms. The van der Waals surface area contributed by atoms with Crippen LogP contribution in [0.25, 0.3) is 0 Å². The van der Waals surface area contributed by atoms with Gasteiger partial charge in [0.1, 0.15) is 0 Å². The number of carbonyl (C=O) groups excluding carboxylic acids is 1. The SMILES string of the molecule is Cc1cccc(C(=O)OC2CCO2)c1S(=O)(=O)Cl. The predicted octanol–water partition coefficient (Wildman–Crippen LogP) is 1.83. The number of benzene rings is 1. The first-order valence-electron chi connectivity index (χ1n) is 5.26. The predicted molar refractivity (Wildman–Crippen MR) is 64.0 cm³/mol. The lowest BCUT2D eigenvalue weighted by molar-refractivity contribution is -0.184. The Morgan fingerprint density at radius 1 is 1.50 bits per heavy atom. The van der Waals surface area contributed by atoms with Crippen molar-refractivity contribution in [2.75, 3.05) is 6.61 Å². The Bertz CT molecular complexity index is 577. The lowest BCUT2D eigenvalue weighted by atomic mass is 10.1. The first kappa shape index (κ1) is 13.3. The van der Waals surface area contributed by atoms with Crippen LogP contribution in [0.1, 0.15) is 22.3 Å². The molecule has 0 aliphatic carbocycles. The molecule has 0 saturated carbocycles. The van der Waals surface area contributed by atoms with Crippen molar-refractivity contribution in [1.82, 2.24) is 0 Å². The molecule has 0 aromatic heterocycles. The lowest BCUT2D eigenvalue weighted by Crippen LogP contribution is -2.32. The minimum Gasteiger partial charge on any atom is -0.432 e. The van der Waals surface area contributed by atoms with E-state index in [4.69, 9.17) is 20.2 Å². The summed E-state index contributed by atoms with van der Waals surface area (Å²) in [5, 5.41) is 0. The number of hydrogen-bond acceptors (Lipinski definition) is 5. The Morgan fingerprint density at radius 2 is 2.17 bits per heavy atom. The molecule has 1 unspecified atom stereocenters. The summed E-state index contributed by atoms with van der Waals surface area (Å²) in [5.41, 5.74) is 0.328. The van der Waals surface area contributed by atoms with E-state index in [1.807, 2.05) is 0 Å². The monoisotopic (exact) mass is 290 g/mol. The quantitative estimate of drug-likeness (QED) is 0.627. The van der Waals surface area contributed by atoms with Crippen LogP contribution >= 0.6 is 10.7 Å². The lowest BCUT2D eigenvalue weighted by Gasteiger charge is -2.26. The van der Waals surface area contributed by atoms with Gasteiger partial charge in [-0.2, -0.15) is 0 Å². The molecule has 7 heteroatoms. The van der Waals surface area contributed by atoms with E-state index in [1.165, 1.54) is 6.07 Å². The smallest absolute Gasteiger partial charge is 0.341 e. The molecule has 1 saturated heterocycles. The maximum absolute atomic E-state index is 11.8. The molecule has 1 aromatic carbocycles. The fraction of sp³-hybridized carbons (Fsp3) is 0.364. The van der Waals surface area contributed by atoms with Crippen molar-refractivity contribution in [3.63, 3.8) is 0 Å². The number of esters is 1. The molecular weight excluding hydrogens is 280 g/mol. The Balaban J connectivity index is 2.37.